The van der Waals surface area contributed by atoms with Crippen molar-refractivity contribution >= 4 is 15.9 Å². The Morgan fingerprint density at radius 2 is 1.30 bits per heavy atom. The van der Waals surface area contributed by atoms with E-state index in [2.05, 4.69) is 9.22 Å². The van der Waals surface area contributed by atoms with Crippen molar-refractivity contribution < 1.29 is 22.4 Å². The highest BCUT2D eigenvalue weighted by Gasteiger charge is 2.31. The average molecular weight is 396 g/mol. The molecule has 0 aliphatic rings. The van der Waals surface area contributed by atoms with E-state index in [0.29, 0.717) is 0 Å². The molecule has 0 saturated carbocycles. The van der Waals surface area contributed by atoms with E-state index < -0.39 is 14.9 Å². The molecular formula is C20H29NO5S. The second kappa shape index (κ2) is 11.6. The van der Waals surface area contributed by atoms with Crippen molar-refractivity contribution in [1.82, 2.24) is 6.15 Å². The van der Waals surface area contributed by atoms with Crippen LogP contribution in [0.15, 0.2) is 60.7 Å². The number of carbonyl (C=O) groups excluding carboxylic acids is 1. The quantitative estimate of drug-likeness (QED) is 0.333. The van der Waals surface area contributed by atoms with Crippen LogP contribution in [0.25, 0.3) is 0 Å². The van der Waals surface area contributed by atoms with E-state index in [1.54, 1.807) is 20.8 Å². The van der Waals surface area contributed by atoms with Crippen LogP contribution < -0.4 is 6.15 Å². The number of hydrogen-bond donors (Lipinski definition) is 1. The summed E-state index contributed by atoms with van der Waals surface area (Å²) in [5.41, 5.74) is 1.47. The molecule has 0 saturated heterocycles. The van der Waals surface area contributed by atoms with Gasteiger partial charge in [0.1, 0.15) is 0 Å². The highest BCUT2D eigenvalue weighted by Crippen LogP contribution is 2.17. The summed E-state index contributed by atoms with van der Waals surface area (Å²) in [7, 11) is -3.59. The van der Waals surface area contributed by atoms with Gasteiger partial charge in [0.2, 0.25) is 0 Å². The fourth-order valence-electron chi connectivity index (χ4n) is 1.63. The molecule has 3 N–H and O–H groups in total. The van der Waals surface area contributed by atoms with Gasteiger partial charge in [0, 0.05) is 11.1 Å². The minimum Gasteiger partial charge on any atom is -0.344 e. The average Bonchev–Trinajstić information content (AvgIpc) is 2.62. The maximum atomic E-state index is 11.8. The number of rotatable bonds is 6. The van der Waals surface area contributed by atoms with Gasteiger partial charge in [-0.2, -0.15) is 8.42 Å². The second-order valence-corrected chi connectivity index (χ2v) is 8.79. The van der Waals surface area contributed by atoms with Gasteiger partial charge in [-0.15, -0.1) is 4.33 Å². The zero-order valence-corrected chi connectivity index (χ0v) is 17.2. The standard InChI is InChI=1S/C13H10O.C7H16O4S.H3N/c14-13(11-7-3-1-4-8-11)12-9-5-2-6-10-12;1-5-6-10-11-12(8,9)7(2,3)4;/h1-10H;5-6H2,1-4H3;1H3. The fourth-order valence-corrected chi connectivity index (χ4v) is 2.03. The van der Waals surface area contributed by atoms with E-state index in [1.807, 2.05) is 67.6 Å². The van der Waals surface area contributed by atoms with E-state index in [1.165, 1.54) is 0 Å². The highest BCUT2D eigenvalue weighted by molar-refractivity contribution is 7.88. The molecule has 27 heavy (non-hydrogen) atoms. The van der Waals surface area contributed by atoms with Gasteiger partial charge < -0.3 is 6.15 Å². The minimum atomic E-state index is -3.59. The third kappa shape index (κ3) is 8.45. The topological polar surface area (TPSA) is 105 Å². The van der Waals surface area contributed by atoms with Gasteiger partial charge >= 0.3 is 0 Å². The molecule has 0 aliphatic heterocycles. The van der Waals surface area contributed by atoms with Gasteiger partial charge in [-0.05, 0) is 27.2 Å². The second-order valence-electron chi connectivity index (χ2n) is 6.52. The first-order chi connectivity index (χ1) is 12.2. The predicted octanol–water partition coefficient (Wildman–Crippen LogP) is 4.55. The largest absolute Gasteiger partial charge is 0.344 e. The lowest BCUT2D eigenvalue weighted by Crippen LogP contribution is -2.29. The van der Waals surface area contributed by atoms with E-state index >= 15 is 0 Å². The zero-order valence-electron chi connectivity index (χ0n) is 16.3. The normalized spacial score (nSPS) is 11.0. The Kier molecular flexibility index (Phi) is 10.7. The van der Waals surface area contributed by atoms with Gasteiger partial charge in [0.25, 0.3) is 10.1 Å². The summed E-state index contributed by atoms with van der Waals surface area (Å²) in [5.74, 6) is 0.0752. The van der Waals surface area contributed by atoms with E-state index in [-0.39, 0.29) is 18.5 Å². The molecule has 0 aromatic heterocycles. The molecule has 0 unspecified atom stereocenters. The lowest BCUT2D eigenvalue weighted by Gasteiger charge is -2.16. The summed E-state index contributed by atoms with van der Waals surface area (Å²) in [4.78, 5) is 16.3. The van der Waals surface area contributed by atoms with Crippen LogP contribution in [0.4, 0.5) is 0 Å². The summed E-state index contributed by atoms with van der Waals surface area (Å²) in [5, 5.41) is 0. The predicted molar refractivity (Wildman–Crippen MR) is 107 cm³/mol. The Morgan fingerprint density at radius 3 is 1.63 bits per heavy atom. The summed E-state index contributed by atoms with van der Waals surface area (Å²) < 4.78 is 25.7. The summed E-state index contributed by atoms with van der Waals surface area (Å²) >= 11 is 0. The molecular weight excluding hydrogens is 366 g/mol. The van der Waals surface area contributed by atoms with Crippen LogP contribution in [0.5, 0.6) is 0 Å². The van der Waals surface area contributed by atoms with Crippen molar-refractivity contribution in [3.05, 3.63) is 71.8 Å². The molecule has 0 fully saturated rings. The van der Waals surface area contributed by atoms with Crippen molar-refractivity contribution in [1.29, 1.82) is 0 Å². The van der Waals surface area contributed by atoms with Crippen molar-refractivity contribution in [3.8, 4) is 0 Å². The lowest BCUT2D eigenvalue weighted by atomic mass is 10.0. The first-order valence-corrected chi connectivity index (χ1v) is 9.80. The number of carbonyl (C=O) groups is 1. The van der Waals surface area contributed by atoms with Crippen LogP contribution in [0.2, 0.25) is 0 Å². The summed E-state index contributed by atoms with van der Waals surface area (Å²) in [6.45, 7) is 6.81. The molecule has 0 bridgehead atoms. The van der Waals surface area contributed by atoms with Crippen LogP contribution in [0.3, 0.4) is 0 Å². The lowest BCUT2D eigenvalue weighted by molar-refractivity contribution is -0.202. The number of hydrogen-bond acceptors (Lipinski definition) is 6. The Balaban J connectivity index is 0.000000491. The molecule has 0 aliphatic carbocycles. The van der Waals surface area contributed by atoms with Crippen molar-refractivity contribution in [2.75, 3.05) is 6.61 Å². The number of ketones is 1. The Morgan fingerprint density at radius 1 is 0.889 bits per heavy atom. The molecule has 150 valence electrons. The van der Waals surface area contributed by atoms with Crippen LogP contribution in [0.1, 0.15) is 50.0 Å². The summed E-state index contributed by atoms with van der Waals surface area (Å²) in [6, 6.07) is 18.6. The smallest absolute Gasteiger partial charge is 0.298 e. The van der Waals surface area contributed by atoms with Gasteiger partial charge in [0.15, 0.2) is 5.78 Å². The number of benzene rings is 2. The molecule has 2 rings (SSSR count). The third-order valence-corrected chi connectivity index (χ3v) is 5.02. The zero-order chi connectivity index (χ0) is 19.6. The monoisotopic (exact) mass is 395 g/mol. The molecule has 6 nitrogen and oxygen atoms in total. The minimum absolute atomic E-state index is 0. The maximum Gasteiger partial charge on any atom is 0.298 e. The van der Waals surface area contributed by atoms with Crippen LogP contribution >= 0.6 is 0 Å². The SMILES string of the molecule is CCCOOS(=O)(=O)C(C)(C)C.N.O=C(c1ccccc1)c1ccccc1. The summed E-state index contributed by atoms with van der Waals surface area (Å²) in [6.07, 6.45) is 0.722. The van der Waals surface area contributed by atoms with E-state index in [0.717, 1.165) is 17.5 Å². The molecule has 0 amide bonds. The van der Waals surface area contributed by atoms with Crippen LogP contribution in [-0.2, 0) is 19.3 Å². The van der Waals surface area contributed by atoms with Crippen molar-refractivity contribution in [3.63, 3.8) is 0 Å². The van der Waals surface area contributed by atoms with Crippen LogP contribution in [-0.4, -0.2) is 25.6 Å². The first-order valence-electron chi connectivity index (χ1n) is 8.39. The molecule has 7 heteroatoms. The van der Waals surface area contributed by atoms with Gasteiger partial charge in [-0.25, -0.2) is 4.89 Å². The first kappa shape index (κ1) is 24.9. The molecule has 0 heterocycles. The molecule has 2 aromatic carbocycles. The molecule has 0 spiro atoms. The highest BCUT2D eigenvalue weighted by atomic mass is 32.2. The molecule has 0 radical (unpaired) electrons. The Labute approximate surface area is 162 Å². The van der Waals surface area contributed by atoms with Gasteiger partial charge in [-0.3, -0.25) is 4.79 Å². The Hall–Kier alpha value is -2.06. The van der Waals surface area contributed by atoms with Crippen molar-refractivity contribution in [2.45, 2.75) is 38.9 Å². The van der Waals surface area contributed by atoms with Crippen molar-refractivity contribution in [2.24, 2.45) is 0 Å². The molecule has 0 atom stereocenters. The van der Waals surface area contributed by atoms with Gasteiger partial charge in [0.05, 0.1) is 11.4 Å². The van der Waals surface area contributed by atoms with E-state index in [9.17, 15) is 13.2 Å². The van der Waals surface area contributed by atoms with E-state index in [4.69, 9.17) is 0 Å². The Bertz CT molecular complexity index is 728. The maximum absolute atomic E-state index is 11.8. The van der Waals surface area contributed by atoms with Crippen LogP contribution in [0, 0.1) is 0 Å². The third-order valence-electron chi connectivity index (χ3n) is 3.25. The fraction of sp³-hybridized carbons (Fsp3) is 0.350. The molecule has 2 aromatic rings. The van der Waals surface area contributed by atoms with Gasteiger partial charge in [-0.1, -0.05) is 67.6 Å².